The highest BCUT2D eigenvalue weighted by Gasteiger charge is 2.01. The zero-order valence-electron chi connectivity index (χ0n) is 9.50. The van der Waals surface area contributed by atoms with Gasteiger partial charge in [0, 0.05) is 11.8 Å². The van der Waals surface area contributed by atoms with Crippen LogP contribution in [0.1, 0.15) is 11.3 Å². The van der Waals surface area contributed by atoms with Gasteiger partial charge in [0.15, 0.2) is 0 Å². The van der Waals surface area contributed by atoms with Crippen molar-refractivity contribution in [3.05, 3.63) is 61.4 Å². The number of nitrogen functional groups attached to an aromatic ring is 1. The smallest absolute Gasteiger partial charge is 0.325 e. The first-order valence-corrected chi connectivity index (χ1v) is 5.79. The molecule has 0 spiro atoms. The van der Waals surface area contributed by atoms with Crippen LogP contribution in [-0.2, 0) is 12.8 Å². The molecule has 5 nitrogen and oxygen atoms in total. The average Bonchev–Trinajstić information content (AvgIpc) is 2.29. The molecule has 0 saturated carbocycles. The van der Waals surface area contributed by atoms with E-state index in [1.54, 1.807) is 12.1 Å². The molecule has 1 aromatic carbocycles. The number of nitrogens with two attached hydrogens (primary N) is 1. The molecule has 94 valence electrons. The van der Waals surface area contributed by atoms with E-state index in [4.69, 9.17) is 17.3 Å². The van der Waals surface area contributed by atoms with Gasteiger partial charge in [-0.2, -0.15) is 0 Å². The lowest BCUT2D eigenvalue weighted by atomic mass is 10.1. The van der Waals surface area contributed by atoms with Gasteiger partial charge in [0.1, 0.15) is 0 Å². The van der Waals surface area contributed by atoms with Gasteiger partial charge in [0.2, 0.25) is 0 Å². The molecule has 1 heterocycles. The summed E-state index contributed by atoms with van der Waals surface area (Å²) in [7, 11) is 0. The number of hydrogen-bond acceptors (Lipinski definition) is 3. The van der Waals surface area contributed by atoms with Gasteiger partial charge in [-0.15, -0.1) is 0 Å². The maximum absolute atomic E-state index is 11.1. The quantitative estimate of drug-likeness (QED) is 0.725. The molecule has 0 radical (unpaired) electrons. The molecule has 0 amide bonds. The Hall–Kier alpha value is -2.01. The fourth-order valence-corrected chi connectivity index (χ4v) is 1.80. The molecule has 2 rings (SSSR count). The van der Waals surface area contributed by atoms with Crippen molar-refractivity contribution in [2.45, 2.75) is 12.8 Å². The molecule has 6 heteroatoms. The summed E-state index contributed by atoms with van der Waals surface area (Å²) in [6, 6.07) is 6.75. The second-order valence-electron chi connectivity index (χ2n) is 3.97. The van der Waals surface area contributed by atoms with Gasteiger partial charge in [-0.05, 0) is 30.5 Å². The van der Waals surface area contributed by atoms with E-state index in [9.17, 15) is 9.59 Å². The molecule has 0 aliphatic rings. The Morgan fingerprint density at radius 2 is 1.89 bits per heavy atom. The van der Waals surface area contributed by atoms with Crippen molar-refractivity contribution in [2.24, 2.45) is 0 Å². The molecule has 0 aliphatic heterocycles. The minimum absolute atomic E-state index is 0.399. The second kappa shape index (κ2) is 5.10. The number of anilines is 1. The minimum atomic E-state index is -0.492. The molecule has 1 aromatic heterocycles. The Morgan fingerprint density at radius 3 is 2.56 bits per heavy atom. The molecule has 0 fully saturated rings. The van der Waals surface area contributed by atoms with Crippen LogP contribution in [0.15, 0.2) is 33.9 Å². The van der Waals surface area contributed by atoms with E-state index in [0.717, 1.165) is 5.56 Å². The Balaban J connectivity index is 2.13. The van der Waals surface area contributed by atoms with Gasteiger partial charge in [-0.25, -0.2) is 4.79 Å². The summed E-state index contributed by atoms with van der Waals surface area (Å²) in [5, 5.41) is 0.517. The Kier molecular flexibility index (Phi) is 3.53. The van der Waals surface area contributed by atoms with Crippen molar-refractivity contribution in [1.82, 2.24) is 9.97 Å². The molecular weight excluding hydrogens is 254 g/mol. The van der Waals surface area contributed by atoms with Crippen molar-refractivity contribution in [1.29, 1.82) is 0 Å². The van der Waals surface area contributed by atoms with E-state index in [2.05, 4.69) is 9.97 Å². The van der Waals surface area contributed by atoms with Crippen LogP contribution >= 0.6 is 11.6 Å². The van der Waals surface area contributed by atoms with Crippen LogP contribution in [0.25, 0.3) is 0 Å². The maximum atomic E-state index is 11.1. The number of aromatic nitrogens is 2. The van der Waals surface area contributed by atoms with E-state index in [-0.39, 0.29) is 0 Å². The summed E-state index contributed by atoms with van der Waals surface area (Å²) >= 11 is 5.82. The normalized spacial score (nSPS) is 10.5. The second-order valence-corrected chi connectivity index (χ2v) is 4.38. The lowest BCUT2D eigenvalue weighted by molar-refractivity contribution is 0.872. The van der Waals surface area contributed by atoms with E-state index >= 15 is 0 Å². The SMILES string of the molecule is Nc1cc(CCc2cc(=O)[nH]c(=O)[nH]2)ccc1Cl. The first-order chi connectivity index (χ1) is 8.54. The topological polar surface area (TPSA) is 91.7 Å². The van der Waals surface area contributed by atoms with Crippen molar-refractivity contribution in [3.63, 3.8) is 0 Å². The fourth-order valence-electron chi connectivity index (χ4n) is 1.68. The van der Waals surface area contributed by atoms with Gasteiger partial charge < -0.3 is 10.7 Å². The third-order valence-corrected chi connectivity index (χ3v) is 2.90. The van der Waals surface area contributed by atoms with E-state index in [1.165, 1.54) is 6.07 Å². The predicted molar refractivity (Wildman–Crippen MR) is 71.0 cm³/mol. The maximum Gasteiger partial charge on any atom is 0.325 e. The van der Waals surface area contributed by atoms with Crippen LogP contribution in [0.4, 0.5) is 5.69 Å². The van der Waals surface area contributed by atoms with Crippen molar-refractivity contribution >= 4 is 17.3 Å². The zero-order chi connectivity index (χ0) is 13.1. The van der Waals surface area contributed by atoms with Crippen LogP contribution in [-0.4, -0.2) is 9.97 Å². The summed E-state index contributed by atoms with van der Waals surface area (Å²) < 4.78 is 0. The van der Waals surface area contributed by atoms with Crippen molar-refractivity contribution in [3.8, 4) is 0 Å². The summed E-state index contributed by atoms with van der Waals surface area (Å²) in [6.45, 7) is 0. The van der Waals surface area contributed by atoms with Crippen molar-refractivity contribution in [2.75, 3.05) is 5.73 Å². The number of nitrogens with one attached hydrogen (secondary N) is 2. The summed E-state index contributed by atoms with van der Waals surface area (Å²) in [6.07, 6.45) is 1.22. The van der Waals surface area contributed by atoms with Gasteiger partial charge in [0.25, 0.3) is 5.56 Å². The molecule has 0 unspecified atom stereocenters. The third kappa shape index (κ3) is 3.01. The fraction of sp³-hybridized carbons (Fsp3) is 0.167. The van der Waals surface area contributed by atoms with E-state index in [1.807, 2.05) is 6.07 Å². The predicted octanol–water partition coefficient (Wildman–Crippen LogP) is 1.08. The number of halogens is 1. The van der Waals surface area contributed by atoms with Gasteiger partial charge in [-0.1, -0.05) is 17.7 Å². The largest absolute Gasteiger partial charge is 0.398 e. The highest BCUT2D eigenvalue weighted by Crippen LogP contribution is 2.20. The molecular formula is C12H12ClN3O2. The number of hydrogen-bond donors (Lipinski definition) is 3. The lowest BCUT2D eigenvalue weighted by Crippen LogP contribution is -2.23. The van der Waals surface area contributed by atoms with Gasteiger partial charge in [-0.3, -0.25) is 9.78 Å². The monoisotopic (exact) mass is 265 g/mol. The molecule has 0 atom stereocenters. The summed E-state index contributed by atoms with van der Waals surface area (Å²) in [4.78, 5) is 26.9. The molecule has 4 N–H and O–H groups in total. The van der Waals surface area contributed by atoms with Gasteiger partial charge in [0.05, 0.1) is 10.7 Å². The van der Waals surface area contributed by atoms with Crippen molar-refractivity contribution < 1.29 is 0 Å². The molecule has 0 bridgehead atoms. The molecule has 2 aromatic rings. The summed E-state index contributed by atoms with van der Waals surface area (Å²) in [5.41, 5.74) is 6.92. The Bertz CT molecular complexity index is 647. The molecule has 0 saturated heterocycles. The van der Waals surface area contributed by atoms with Crippen LogP contribution in [0.5, 0.6) is 0 Å². The Morgan fingerprint density at radius 1 is 1.11 bits per heavy atom. The zero-order valence-corrected chi connectivity index (χ0v) is 10.3. The number of H-pyrrole nitrogens is 2. The minimum Gasteiger partial charge on any atom is -0.398 e. The van der Waals surface area contributed by atoms with E-state index in [0.29, 0.717) is 29.2 Å². The third-order valence-electron chi connectivity index (χ3n) is 2.56. The summed E-state index contributed by atoms with van der Waals surface area (Å²) in [5.74, 6) is 0. The van der Waals surface area contributed by atoms with Crippen LogP contribution in [0, 0.1) is 0 Å². The van der Waals surface area contributed by atoms with Crippen LogP contribution in [0.2, 0.25) is 5.02 Å². The number of aryl methyl sites for hydroxylation is 2. The molecule has 18 heavy (non-hydrogen) atoms. The average molecular weight is 266 g/mol. The first-order valence-electron chi connectivity index (χ1n) is 5.41. The van der Waals surface area contributed by atoms with Crippen LogP contribution < -0.4 is 17.0 Å². The number of rotatable bonds is 3. The van der Waals surface area contributed by atoms with Gasteiger partial charge >= 0.3 is 5.69 Å². The first kappa shape index (κ1) is 12.4. The highest BCUT2D eigenvalue weighted by atomic mass is 35.5. The standard InChI is InChI=1S/C12H12ClN3O2/c13-9-4-2-7(5-10(9)14)1-3-8-6-11(17)16-12(18)15-8/h2,4-6H,1,3,14H2,(H2,15,16,17,18). The molecule has 0 aliphatic carbocycles. The highest BCUT2D eigenvalue weighted by molar-refractivity contribution is 6.33. The number of benzene rings is 1. The van der Waals surface area contributed by atoms with Crippen LogP contribution in [0.3, 0.4) is 0 Å². The lowest BCUT2D eigenvalue weighted by Gasteiger charge is -2.04. The Labute approximate surface area is 108 Å². The van der Waals surface area contributed by atoms with E-state index < -0.39 is 11.2 Å². The number of aromatic amines is 2.